The summed E-state index contributed by atoms with van der Waals surface area (Å²) in [6.45, 7) is 6.89. The molecule has 0 aliphatic heterocycles. The lowest BCUT2D eigenvalue weighted by Gasteiger charge is -2.18. The van der Waals surface area contributed by atoms with Gasteiger partial charge in [-0.1, -0.05) is 0 Å². The fraction of sp³-hybridized carbons (Fsp3) is 0.400. The van der Waals surface area contributed by atoms with Crippen molar-refractivity contribution < 1.29 is 4.74 Å². The number of hydrogen-bond acceptors (Lipinski definition) is 4. The van der Waals surface area contributed by atoms with Gasteiger partial charge in [0.05, 0.1) is 18.3 Å². The first kappa shape index (κ1) is 14.2. The third-order valence-corrected chi connectivity index (χ3v) is 2.81. The molecule has 1 aromatic carbocycles. The normalized spacial score (nSPS) is 12.4. The maximum atomic E-state index is 5.91. The summed E-state index contributed by atoms with van der Waals surface area (Å²) in [6.07, 6.45) is 3.84. The molecule has 2 aromatic rings. The van der Waals surface area contributed by atoms with E-state index < -0.39 is 0 Å². The second-order valence-corrected chi connectivity index (χ2v) is 5.19. The molecule has 0 saturated heterocycles. The van der Waals surface area contributed by atoms with Crippen LogP contribution in [-0.2, 0) is 6.54 Å². The number of nitrogen functional groups attached to an aromatic ring is 1. The zero-order chi connectivity index (χ0) is 14.5. The minimum absolute atomic E-state index is 0.106. The molecule has 0 amide bonds. The van der Waals surface area contributed by atoms with Crippen molar-refractivity contribution in [2.75, 3.05) is 11.1 Å². The van der Waals surface area contributed by atoms with E-state index in [1.807, 2.05) is 49.0 Å². The Kier molecular flexibility index (Phi) is 4.50. The summed E-state index contributed by atoms with van der Waals surface area (Å²) in [5, 5.41) is 7.63. The van der Waals surface area contributed by atoms with Gasteiger partial charge in [-0.25, -0.2) is 0 Å². The van der Waals surface area contributed by atoms with Gasteiger partial charge in [0.1, 0.15) is 5.75 Å². The molecule has 1 atom stereocenters. The van der Waals surface area contributed by atoms with Gasteiger partial charge in [-0.3, -0.25) is 4.68 Å². The summed E-state index contributed by atoms with van der Waals surface area (Å²) in [6, 6.07) is 7.94. The van der Waals surface area contributed by atoms with E-state index in [1.165, 1.54) is 0 Å². The number of rotatable bonds is 6. The smallest absolute Gasteiger partial charge is 0.144 e. The number of nitrogens with zero attached hydrogens (tertiary/aromatic N) is 2. The van der Waals surface area contributed by atoms with Crippen molar-refractivity contribution in [1.82, 2.24) is 9.78 Å². The summed E-state index contributed by atoms with van der Waals surface area (Å²) in [7, 11) is 0. The van der Waals surface area contributed by atoms with Crippen molar-refractivity contribution in [3.63, 3.8) is 0 Å². The molecular formula is C15H22N4O. The van der Waals surface area contributed by atoms with Crippen LogP contribution in [0.5, 0.6) is 5.75 Å². The maximum Gasteiger partial charge on any atom is 0.144 e. The van der Waals surface area contributed by atoms with E-state index in [1.54, 1.807) is 6.20 Å². The van der Waals surface area contributed by atoms with Gasteiger partial charge in [0.2, 0.25) is 0 Å². The van der Waals surface area contributed by atoms with Crippen molar-refractivity contribution in [3.8, 4) is 5.75 Å². The number of anilines is 2. The molecule has 20 heavy (non-hydrogen) atoms. The van der Waals surface area contributed by atoms with E-state index in [0.29, 0.717) is 5.69 Å². The molecule has 5 nitrogen and oxygen atoms in total. The molecule has 2 rings (SSSR count). The van der Waals surface area contributed by atoms with Crippen LogP contribution in [0, 0.1) is 0 Å². The van der Waals surface area contributed by atoms with Gasteiger partial charge in [0, 0.05) is 30.2 Å². The molecule has 5 heteroatoms. The van der Waals surface area contributed by atoms with Crippen LogP contribution in [-0.4, -0.2) is 21.9 Å². The lowest BCUT2D eigenvalue weighted by Crippen LogP contribution is -2.22. The first-order chi connectivity index (χ1) is 9.54. The lowest BCUT2D eigenvalue weighted by molar-refractivity contribution is 0.244. The Hall–Kier alpha value is -2.17. The first-order valence-corrected chi connectivity index (χ1v) is 6.84. The number of ether oxygens (including phenoxy) is 1. The Bertz CT molecular complexity index is 537. The summed E-state index contributed by atoms with van der Waals surface area (Å²) < 4.78 is 7.59. The van der Waals surface area contributed by atoms with Crippen molar-refractivity contribution in [3.05, 3.63) is 36.7 Å². The van der Waals surface area contributed by atoms with Crippen molar-refractivity contribution in [2.45, 2.75) is 39.5 Å². The summed E-state index contributed by atoms with van der Waals surface area (Å²) in [5.41, 5.74) is 7.56. The van der Waals surface area contributed by atoms with Crippen LogP contribution < -0.4 is 15.8 Å². The average molecular weight is 274 g/mol. The number of hydrogen-bond donors (Lipinski definition) is 2. The van der Waals surface area contributed by atoms with Gasteiger partial charge in [0.25, 0.3) is 0 Å². The monoisotopic (exact) mass is 274 g/mol. The van der Waals surface area contributed by atoms with Gasteiger partial charge in [0.15, 0.2) is 0 Å². The van der Waals surface area contributed by atoms with Gasteiger partial charge in [-0.15, -0.1) is 0 Å². The highest BCUT2D eigenvalue weighted by molar-refractivity contribution is 5.61. The fourth-order valence-corrected chi connectivity index (χ4v) is 2.00. The quantitative estimate of drug-likeness (QED) is 0.795. The van der Waals surface area contributed by atoms with E-state index in [-0.39, 0.29) is 12.1 Å². The van der Waals surface area contributed by atoms with Gasteiger partial charge < -0.3 is 15.8 Å². The molecule has 3 N–H and O–H groups in total. The van der Waals surface area contributed by atoms with Gasteiger partial charge in [-0.05, 0) is 39.0 Å². The average Bonchev–Trinajstić information content (AvgIpc) is 2.85. The number of benzene rings is 1. The highest BCUT2D eigenvalue weighted by atomic mass is 16.5. The minimum Gasteiger partial charge on any atom is -0.489 e. The molecule has 0 aliphatic carbocycles. The van der Waals surface area contributed by atoms with Crippen LogP contribution in [0.3, 0.4) is 0 Å². The molecule has 0 aliphatic rings. The largest absolute Gasteiger partial charge is 0.489 e. The summed E-state index contributed by atoms with van der Waals surface area (Å²) in [5.74, 6) is 0.719. The number of nitrogens with one attached hydrogen (secondary N) is 1. The minimum atomic E-state index is 0.106. The second kappa shape index (κ2) is 6.32. The second-order valence-electron chi connectivity index (χ2n) is 5.19. The zero-order valence-corrected chi connectivity index (χ0v) is 12.2. The molecule has 0 radical (unpaired) electrons. The summed E-state index contributed by atoms with van der Waals surface area (Å²) >= 11 is 0. The molecular weight excluding hydrogens is 252 g/mol. The van der Waals surface area contributed by atoms with Crippen molar-refractivity contribution in [2.24, 2.45) is 0 Å². The van der Waals surface area contributed by atoms with Crippen LogP contribution in [0.1, 0.15) is 20.8 Å². The maximum absolute atomic E-state index is 5.91. The highest BCUT2D eigenvalue weighted by Gasteiger charge is 2.07. The summed E-state index contributed by atoms with van der Waals surface area (Å²) in [4.78, 5) is 0. The molecule has 1 aromatic heterocycles. The first-order valence-electron chi connectivity index (χ1n) is 6.84. The third-order valence-electron chi connectivity index (χ3n) is 2.81. The van der Waals surface area contributed by atoms with E-state index in [4.69, 9.17) is 10.5 Å². The Morgan fingerprint density at radius 3 is 2.80 bits per heavy atom. The molecule has 108 valence electrons. The van der Waals surface area contributed by atoms with Crippen LogP contribution >= 0.6 is 0 Å². The zero-order valence-electron chi connectivity index (χ0n) is 12.2. The van der Waals surface area contributed by atoms with Gasteiger partial charge in [-0.2, -0.15) is 5.10 Å². The van der Waals surface area contributed by atoms with Crippen LogP contribution in [0.25, 0.3) is 0 Å². The SMILES string of the molecule is CC(Cn1cccn1)Nc1ccc(N)c(OC(C)C)c1. The molecule has 0 saturated carbocycles. The molecule has 0 bridgehead atoms. The number of nitrogens with two attached hydrogens (primary N) is 1. The van der Waals surface area contributed by atoms with E-state index in [2.05, 4.69) is 17.3 Å². The molecule has 1 heterocycles. The molecule has 0 spiro atoms. The van der Waals surface area contributed by atoms with E-state index >= 15 is 0 Å². The van der Waals surface area contributed by atoms with Crippen LogP contribution in [0.15, 0.2) is 36.7 Å². The van der Waals surface area contributed by atoms with Crippen molar-refractivity contribution in [1.29, 1.82) is 0 Å². The molecule has 1 unspecified atom stereocenters. The van der Waals surface area contributed by atoms with Crippen LogP contribution in [0.2, 0.25) is 0 Å². The van der Waals surface area contributed by atoms with Gasteiger partial charge >= 0.3 is 0 Å². The van der Waals surface area contributed by atoms with Crippen molar-refractivity contribution >= 4 is 11.4 Å². The lowest BCUT2D eigenvalue weighted by atomic mass is 10.2. The Balaban J connectivity index is 2.01. The molecule has 0 fully saturated rings. The Morgan fingerprint density at radius 1 is 1.35 bits per heavy atom. The fourth-order valence-electron chi connectivity index (χ4n) is 2.00. The Morgan fingerprint density at radius 2 is 2.15 bits per heavy atom. The highest BCUT2D eigenvalue weighted by Crippen LogP contribution is 2.26. The van der Waals surface area contributed by atoms with Crippen LogP contribution in [0.4, 0.5) is 11.4 Å². The Labute approximate surface area is 119 Å². The third kappa shape index (κ3) is 3.91. The predicted octanol–water partition coefficient (Wildman–Crippen LogP) is 2.75. The number of aromatic nitrogens is 2. The standard InChI is InChI=1S/C15H22N4O/c1-11(2)20-15-9-13(5-6-14(15)16)18-12(3)10-19-8-4-7-17-19/h4-9,11-12,18H,10,16H2,1-3H3. The predicted molar refractivity (Wildman–Crippen MR) is 81.9 cm³/mol. The van der Waals surface area contributed by atoms with E-state index in [9.17, 15) is 0 Å². The topological polar surface area (TPSA) is 65.1 Å². The van der Waals surface area contributed by atoms with E-state index in [0.717, 1.165) is 18.0 Å².